The second-order valence-electron chi connectivity index (χ2n) is 4.58. The van der Waals surface area contributed by atoms with E-state index >= 15 is 0 Å². The zero-order valence-corrected chi connectivity index (χ0v) is 11.0. The molecule has 0 aliphatic carbocycles. The molecule has 0 fully saturated rings. The largest absolute Gasteiger partial charge is 0.435 e. The normalized spacial score (nSPS) is 12.4. The van der Waals surface area contributed by atoms with Crippen molar-refractivity contribution >= 4 is 0 Å². The number of halogens is 2. The van der Waals surface area contributed by atoms with Crippen LogP contribution in [0.15, 0.2) is 54.6 Å². The summed E-state index contributed by atoms with van der Waals surface area (Å²) < 4.78 is 28.7. The van der Waals surface area contributed by atoms with Crippen molar-refractivity contribution in [1.82, 2.24) is 0 Å². The van der Waals surface area contributed by atoms with E-state index in [1.807, 2.05) is 36.4 Å². The molecule has 0 radical (unpaired) electrons. The molecule has 2 aromatic rings. The summed E-state index contributed by atoms with van der Waals surface area (Å²) in [5, 5.41) is 0. The van der Waals surface area contributed by atoms with Gasteiger partial charge in [-0.15, -0.1) is 0 Å². The fourth-order valence-corrected chi connectivity index (χ4v) is 2.05. The summed E-state index contributed by atoms with van der Waals surface area (Å²) in [6.45, 7) is -2.81. The Labute approximate surface area is 117 Å². The summed E-state index contributed by atoms with van der Waals surface area (Å²) in [7, 11) is 0. The Morgan fingerprint density at radius 3 is 2.45 bits per heavy atom. The SMILES string of the molecule is NC(CCc1ccccc1)c1cccc(OC(F)F)c1. The maximum Gasteiger partial charge on any atom is 0.387 e. The zero-order valence-electron chi connectivity index (χ0n) is 11.0. The van der Waals surface area contributed by atoms with Gasteiger partial charge in [0.2, 0.25) is 0 Å². The smallest absolute Gasteiger partial charge is 0.387 e. The van der Waals surface area contributed by atoms with Crippen LogP contribution in [-0.4, -0.2) is 6.61 Å². The standard InChI is InChI=1S/C16H17F2NO/c17-16(18)20-14-8-4-7-13(11-14)15(19)10-9-12-5-2-1-3-6-12/h1-8,11,15-16H,9-10,19H2. The number of rotatable bonds is 6. The lowest BCUT2D eigenvalue weighted by atomic mass is 10.00. The average Bonchev–Trinajstić information content (AvgIpc) is 2.45. The van der Waals surface area contributed by atoms with Gasteiger partial charge < -0.3 is 10.5 Å². The number of aryl methyl sites for hydroxylation is 1. The lowest BCUT2D eigenvalue weighted by Gasteiger charge is -2.13. The molecule has 1 atom stereocenters. The molecule has 0 aliphatic heterocycles. The number of ether oxygens (including phenoxy) is 1. The van der Waals surface area contributed by atoms with Gasteiger partial charge in [0.05, 0.1) is 0 Å². The molecule has 20 heavy (non-hydrogen) atoms. The third-order valence-corrected chi connectivity index (χ3v) is 3.10. The molecule has 106 valence electrons. The Bertz CT molecular complexity index is 531. The molecule has 0 aromatic heterocycles. The van der Waals surface area contributed by atoms with E-state index in [2.05, 4.69) is 4.74 Å². The van der Waals surface area contributed by atoms with E-state index < -0.39 is 6.61 Å². The van der Waals surface area contributed by atoms with Crippen LogP contribution in [0.25, 0.3) is 0 Å². The Hall–Kier alpha value is -1.94. The van der Waals surface area contributed by atoms with Crippen LogP contribution in [-0.2, 0) is 6.42 Å². The first-order chi connectivity index (χ1) is 9.65. The number of hydrogen-bond acceptors (Lipinski definition) is 2. The van der Waals surface area contributed by atoms with Crippen LogP contribution in [0.2, 0.25) is 0 Å². The summed E-state index contributed by atoms with van der Waals surface area (Å²) >= 11 is 0. The van der Waals surface area contributed by atoms with Crippen molar-refractivity contribution in [2.24, 2.45) is 5.73 Å². The number of benzene rings is 2. The highest BCUT2D eigenvalue weighted by Crippen LogP contribution is 2.22. The monoisotopic (exact) mass is 277 g/mol. The van der Waals surface area contributed by atoms with E-state index in [0.29, 0.717) is 0 Å². The highest BCUT2D eigenvalue weighted by atomic mass is 19.3. The van der Waals surface area contributed by atoms with Gasteiger partial charge in [-0.05, 0) is 36.1 Å². The van der Waals surface area contributed by atoms with E-state index in [-0.39, 0.29) is 11.8 Å². The lowest BCUT2D eigenvalue weighted by Crippen LogP contribution is -2.12. The van der Waals surface area contributed by atoms with Crippen molar-refractivity contribution in [2.75, 3.05) is 0 Å². The minimum absolute atomic E-state index is 0.146. The highest BCUT2D eigenvalue weighted by Gasteiger charge is 2.09. The number of hydrogen-bond donors (Lipinski definition) is 1. The highest BCUT2D eigenvalue weighted by molar-refractivity contribution is 5.30. The molecule has 0 heterocycles. The molecule has 1 unspecified atom stereocenters. The first-order valence-electron chi connectivity index (χ1n) is 6.49. The van der Waals surface area contributed by atoms with Crippen molar-refractivity contribution < 1.29 is 13.5 Å². The predicted molar refractivity (Wildman–Crippen MR) is 74.8 cm³/mol. The Kier molecular flexibility index (Phi) is 5.07. The minimum atomic E-state index is -2.81. The third-order valence-electron chi connectivity index (χ3n) is 3.10. The molecule has 0 bridgehead atoms. The first kappa shape index (κ1) is 14.5. The molecule has 2 nitrogen and oxygen atoms in total. The molecular formula is C16H17F2NO. The first-order valence-corrected chi connectivity index (χ1v) is 6.49. The minimum Gasteiger partial charge on any atom is -0.435 e. The van der Waals surface area contributed by atoms with Crippen molar-refractivity contribution in [3.63, 3.8) is 0 Å². The maximum absolute atomic E-state index is 12.2. The van der Waals surface area contributed by atoms with E-state index in [0.717, 1.165) is 18.4 Å². The van der Waals surface area contributed by atoms with Gasteiger partial charge in [0.1, 0.15) is 5.75 Å². The third kappa shape index (κ3) is 4.31. The molecule has 0 aliphatic rings. The van der Waals surface area contributed by atoms with Gasteiger partial charge in [-0.1, -0.05) is 42.5 Å². The van der Waals surface area contributed by atoms with Gasteiger partial charge in [-0.3, -0.25) is 0 Å². The summed E-state index contributed by atoms with van der Waals surface area (Å²) in [6.07, 6.45) is 1.60. The van der Waals surface area contributed by atoms with Gasteiger partial charge in [0.25, 0.3) is 0 Å². The Morgan fingerprint density at radius 1 is 1.00 bits per heavy atom. The van der Waals surface area contributed by atoms with Crippen LogP contribution in [0.4, 0.5) is 8.78 Å². The van der Waals surface area contributed by atoms with Crippen LogP contribution in [0.1, 0.15) is 23.6 Å². The molecule has 2 rings (SSSR count). The summed E-state index contributed by atoms with van der Waals surface area (Å²) in [4.78, 5) is 0. The number of nitrogens with two attached hydrogens (primary N) is 1. The maximum atomic E-state index is 12.2. The molecule has 0 saturated heterocycles. The quantitative estimate of drug-likeness (QED) is 0.868. The summed E-state index contributed by atoms with van der Waals surface area (Å²) in [5.74, 6) is 0.146. The van der Waals surface area contributed by atoms with Gasteiger partial charge in [-0.25, -0.2) is 0 Å². The second-order valence-corrected chi connectivity index (χ2v) is 4.58. The zero-order chi connectivity index (χ0) is 14.4. The second kappa shape index (κ2) is 7.01. The van der Waals surface area contributed by atoms with E-state index in [9.17, 15) is 8.78 Å². The molecule has 4 heteroatoms. The molecule has 0 saturated carbocycles. The fourth-order valence-electron chi connectivity index (χ4n) is 2.05. The Balaban J connectivity index is 1.96. The van der Waals surface area contributed by atoms with Gasteiger partial charge in [-0.2, -0.15) is 8.78 Å². The van der Waals surface area contributed by atoms with Crippen molar-refractivity contribution in [3.05, 3.63) is 65.7 Å². The summed E-state index contributed by atoms with van der Waals surface area (Å²) in [5.41, 5.74) is 8.12. The predicted octanol–water partition coefficient (Wildman–Crippen LogP) is 3.92. The van der Waals surface area contributed by atoms with Crippen LogP contribution in [0.3, 0.4) is 0 Å². The van der Waals surface area contributed by atoms with Gasteiger partial charge in [0.15, 0.2) is 0 Å². The van der Waals surface area contributed by atoms with E-state index in [4.69, 9.17) is 5.73 Å². The van der Waals surface area contributed by atoms with Crippen LogP contribution in [0, 0.1) is 0 Å². The summed E-state index contributed by atoms with van der Waals surface area (Å²) in [6, 6.07) is 16.4. The van der Waals surface area contributed by atoms with Crippen molar-refractivity contribution in [2.45, 2.75) is 25.5 Å². The van der Waals surface area contributed by atoms with E-state index in [1.165, 1.54) is 11.6 Å². The topological polar surface area (TPSA) is 35.2 Å². The molecule has 0 amide bonds. The van der Waals surface area contributed by atoms with E-state index in [1.54, 1.807) is 12.1 Å². The van der Waals surface area contributed by atoms with Crippen LogP contribution < -0.4 is 10.5 Å². The lowest BCUT2D eigenvalue weighted by molar-refractivity contribution is -0.0499. The molecular weight excluding hydrogens is 260 g/mol. The molecule has 2 aromatic carbocycles. The average molecular weight is 277 g/mol. The van der Waals surface area contributed by atoms with Gasteiger partial charge >= 0.3 is 6.61 Å². The Morgan fingerprint density at radius 2 is 1.75 bits per heavy atom. The van der Waals surface area contributed by atoms with Crippen molar-refractivity contribution in [1.29, 1.82) is 0 Å². The van der Waals surface area contributed by atoms with Crippen LogP contribution in [0.5, 0.6) is 5.75 Å². The fraction of sp³-hybridized carbons (Fsp3) is 0.250. The molecule has 0 spiro atoms. The van der Waals surface area contributed by atoms with Crippen LogP contribution >= 0.6 is 0 Å². The van der Waals surface area contributed by atoms with Gasteiger partial charge in [0, 0.05) is 6.04 Å². The molecule has 2 N–H and O–H groups in total. The number of alkyl halides is 2. The van der Waals surface area contributed by atoms with Crippen molar-refractivity contribution in [3.8, 4) is 5.75 Å².